The highest BCUT2D eigenvalue weighted by molar-refractivity contribution is 7.59. The zero-order valence-electron chi connectivity index (χ0n) is 45.3. The van der Waals surface area contributed by atoms with Crippen LogP contribution >= 0.6 is 13.5 Å². The molecule has 8 heteroatoms. The summed E-state index contributed by atoms with van der Waals surface area (Å²) in [4.78, 5) is 22.5. The molecule has 0 atom stereocenters. The Kier molecular flexibility index (Phi) is 16.5. The van der Waals surface area contributed by atoms with Crippen LogP contribution in [0.25, 0.3) is 78.1 Å². The summed E-state index contributed by atoms with van der Waals surface area (Å²) < 4.78 is 9.08. The minimum absolute atomic E-state index is 0. The summed E-state index contributed by atoms with van der Waals surface area (Å²) in [7, 11) is 0. The fourth-order valence-electron chi connectivity index (χ4n) is 10.5. The van der Waals surface area contributed by atoms with E-state index in [4.69, 9.17) is 24.4 Å². The SMILES string of the molecule is C=C(/C=C\CCCC)c1nc2ccc3c4cc(-c5ccc6c(c5)C(C)(C)c5ccccc5N6C5C=CC=CC=C5)ccc4n(-c4ccc(-c5nc(Cc6ccccc6)nc(-c6ccccc6)n5)cc4)c3c2o1.CC.CC.S. The molecule has 0 bridgehead atoms. The highest BCUT2D eigenvalue weighted by atomic mass is 32.1. The lowest BCUT2D eigenvalue weighted by Gasteiger charge is -2.44. The summed E-state index contributed by atoms with van der Waals surface area (Å²) in [5, 5.41) is 2.19. The van der Waals surface area contributed by atoms with Crippen molar-refractivity contribution >= 4 is 63.3 Å². The van der Waals surface area contributed by atoms with Crippen LogP contribution in [0.3, 0.4) is 0 Å². The number of nitrogens with zero attached hydrogens (tertiary/aromatic N) is 6. The summed E-state index contributed by atoms with van der Waals surface area (Å²) in [5.41, 5.74) is 15.3. The Morgan fingerprint density at radius 2 is 1.25 bits per heavy atom. The second-order valence-electron chi connectivity index (χ2n) is 19.3. The number of unbranched alkanes of at least 4 members (excludes halogenated alkanes) is 2. The van der Waals surface area contributed by atoms with Crippen LogP contribution in [0.5, 0.6) is 0 Å². The molecule has 0 N–H and O–H groups in total. The molecule has 7 nitrogen and oxygen atoms in total. The van der Waals surface area contributed by atoms with Crippen LogP contribution in [0, 0.1) is 0 Å². The van der Waals surface area contributed by atoms with E-state index in [1.807, 2.05) is 82.3 Å². The predicted molar refractivity (Wildman–Crippen MR) is 330 cm³/mol. The molecule has 12 rings (SSSR count). The standard InChI is InChI=1S/C65H54N6O.2C2H6.H2S/c1-5-6-7-12-21-43(2)64-66-55-37-36-51-52-41-47(48-33-39-58-54(42-48)65(3,4)53-28-19-20-29-57(53)70(58)49-26-17-8-9-18-27-49)32-38-56(52)71(60(51)61(55)72-64)50-34-30-46(31-35-50)63-68-59(40-44-22-13-10-14-23-44)67-62(69-63)45-24-15-11-16-25-45;2*1-2;/h8-39,41-42,49H,2,5-7,40H2,1,3-4H3;2*1-2H3;1H2/b21-12-;;;. The lowest BCUT2D eigenvalue weighted by molar-refractivity contribution is 0.587. The largest absolute Gasteiger partial charge is 0.434 e. The van der Waals surface area contributed by atoms with Gasteiger partial charge in [0.15, 0.2) is 17.2 Å². The highest BCUT2D eigenvalue weighted by Crippen LogP contribution is 2.51. The van der Waals surface area contributed by atoms with E-state index in [2.05, 4.69) is 189 Å². The third-order valence-corrected chi connectivity index (χ3v) is 14.3. The fraction of sp³-hybridized carbons (Fsp3) is 0.188. The molecule has 386 valence electrons. The smallest absolute Gasteiger partial charge is 0.226 e. The van der Waals surface area contributed by atoms with Gasteiger partial charge in [-0.3, -0.25) is 0 Å². The molecule has 0 radical (unpaired) electrons. The number of oxazole rings is 1. The molecule has 1 aliphatic heterocycles. The lowest BCUT2D eigenvalue weighted by atomic mass is 9.72. The molecule has 2 aliphatic rings. The van der Waals surface area contributed by atoms with Crippen molar-refractivity contribution in [3.63, 3.8) is 0 Å². The number of benzene rings is 7. The van der Waals surface area contributed by atoms with Crippen molar-refractivity contribution in [2.45, 2.75) is 85.6 Å². The quantitative estimate of drug-likeness (QED) is 0.0897. The molecule has 0 saturated carbocycles. The van der Waals surface area contributed by atoms with Gasteiger partial charge in [0.05, 0.1) is 17.1 Å². The third-order valence-electron chi connectivity index (χ3n) is 14.3. The first-order valence-electron chi connectivity index (χ1n) is 27.1. The molecule has 0 saturated heterocycles. The van der Waals surface area contributed by atoms with E-state index in [0.29, 0.717) is 35.4 Å². The number of para-hydroxylation sites is 1. The number of fused-ring (bicyclic) bond motifs is 7. The third kappa shape index (κ3) is 10.5. The molecule has 0 unspecified atom stereocenters. The van der Waals surface area contributed by atoms with Gasteiger partial charge in [-0.2, -0.15) is 13.5 Å². The van der Waals surface area contributed by atoms with Crippen LogP contribution in [0.2, 0.25) is 0 Å². The average molecular weight is 1030 g/mol. The molecule has 0 spiro atoms. The Balaban J connectivity index is 0.00000141. The molecular weight excluding hydrogens is 961 g/mol. The zero-order valence-corrected chi connectivity index (χ0v) is 46.3. The van der Waals surface area contributed by atoms with Gasteiger partial charge in [-0.15, -0.1) is 0 Å². The van der Waals surface area contributed by atoms with Crippen LogP contribution in [0.15, 0.2) is 217 Å². The fourth-order valence-corrected chi connectivity index (χ4v) is 10.5. The monoisotopic (exact) mass is 1030 g/mol. The van der Waals surface area contributed by atoms with Crippen molar-refractivity contribution in [1.82, 2.24) is 24.5 Å². The molecular formula is C69H68N6OS. The summed E-state index contributed by atoms with van der Waals surface area (Å²) >= 11 is 0. The molecule has 7 aromatic carbocycles. The summed E-state index contributed by atoms with van der Waals surface area (Å²) in [6, 6.07) is 56.1. The minimum Gasteiger partial charge on any atom is -0.434 e. The molecule has 3 aromatic heterocycles. The first-order valence-corrected chi connectivity index (χ1v) is 27.1. The predicted octanol–water partition coefficient (Wildman–Crippen LogP) is 18.5. The summed E-state index contributed by atoms with van der Waals surface area (Å²) in [6.45, 7) is 19.3. The number of anilines is 2. The molecule has 0 amide bonds. The van der Waals surface area contributed by atoms with Gasteiger partial charge < -0.3 is 13.9 Å². The maximum atomic E-state index is 6.77. The van der Waals surface area contributed by atoms with E-state index >= 15 is 0 Å². The van der Waals surface area contributed by atoms with E-state index in [1.165, 1.54) is 22.5 Å². The van der Waals surface area contributed by atoms with Crippen LogP contribution in [-0.4, -0.2) is 30.5 Å². The molecule has 1 aliphatic carbocycles. The number of allylic oxidation sites excluding steroid dienone is 7. The van der Waals surface area contributed by atoms with Crippen molar-refractivity contribution in [2.24, 2.45) is 0 Å². The highest BCUT2D eigenvalue weighted by Gasteiger charge is 2.38. The van der Waals surface area contributed by atoms with Gasteiger partial charge in [0.25, 0.3) is 0 Å². The maximum absolute atomic E-state index is 6.77. The van der Waals surface area contributed by atoms with Crippen molar-refractivity contribution in [1.29, 1.82) is 0 Å². The van der Waals surface area contributed by atoms with Crippen LogP contribution < -0.4 is 4.90 Å². The minimum atomic E-state index is -0.236. The van der Waals surface area contributed by atoms with Gasteiger partial charge in [-0.05, 0) is 101 Å². The number of hydrogen-bond donors (Lipinski definition) is 0. The van der Waals surface area contributed by atoms with Gasteiger partial charge in [0, 0.05) is 56.4 Å². The second kappa shape index (κ2) is 23.7. The van der Waals surface area contributed by atoms with Gasteiger partial charge in [-0.25, -0.2) is 19.9 Å². The van der Waals surface area contributed by atoms with Crippen LogP contribution in [0.1, 0.15) is 96.1 Å². The molecule has 10 aromatic rings. The van der Waals surface area contributed by atoms with Crippen molar-refractivity contribution in [3.05, 3.63) is 241 Å². The second-order valence-corrected chi connectivity index (χ2v) is 19.3. The van der Waals surface area contributed by atoms with Crippen molar-refractivity contribution in [3.8, 4) is 39.6 Å². The number of aromatic nitrogens is 5. The van der Waals surface area contributed by atoms with E-state index in [-0.39, 0.29) is 25.0 Å². The van der Waals surface area contributed by atoms with E-state index in [1.54, 1.807) is 0 Å². The molecule has 0 fully saturated rings. The number of hydrogen-bond acceptors (Lipinski definition) is 6. The number of rotatable bonds is 12. The topological polar surface area (TPSA) is 72.9 Å². The average Bonchev–Trinajstić information content (AvgIpc) is 4.16. The van der Waals surface area contributed by atoms with E-state index in [9.17, 15) is 0 Å². The first-order chi connectivity index (χ1) is 37.3. The normalized spacial score (nSPS) is 13.4. The first kappa shape index (κ1) is 53.5. The van der Waals surface area contributed by atoms with Gasteiger partial charge in [0.1, 0.15) is 11.3 Å². The van der Waals surface area contributed by atoms with Gasteiger partial charge in [0.2, 0.25) is 5.89 Å². The van der Waals surface area contributed by atoms with Gasteiger partial charge >= 0.3 is 0 Å². The maximum Gasteiger partial charge on any atom is 0.226 e. The Bertz CT molecular complexity index is 3810. The molecule has 77 heavy (non-hydrogen) atoms. The van der Waals surface area contributed by atoms with Crippen LogP contribution in [0.4, 0.5) is 11.4 Å². The van der Waals surface area contributed by atoms with Gasteiger partial charge in [-0.1, -0.05) is 207 Å². The zero-order chi connectivity index (χ0) is 52.8. The Labute approximate surface area is 461 Å². The van der Waals surface area contributed by atoms with Crippen LogP contribution in [-0.2, 0) is 11.8 Å². The molecule has 4 heterocycles. The van der Waals surface area contributed by atoms with E-state index in [0.717, 1.165) is 85.7 Å². The Morgan fingerprint density at radius 1 is 0.623 bits per heavy atom. The lowest BCUT2D eigenvalue weighted by Crippen LogP contribution is -2.37. The summed E-state index contributed by atoms with van der Waals surface area (Å²) in [6.07, 6.45) is 21.1. The van der Waals surface area contributed by atoms with E-state index < -0.39 is 0 Å². The Hall–Kier alpha value is -8.33. The Morgan fingerprint density at radius 3 is 1.96 bits per heavy atom. The summed E-state index contributed by atoms with van der Waals surface area (Å²) in [5.74, 6) is 2.51. The van der Waals surface area contributed by atoms with Crippen molar-refractivity contribution in [2.75, 3.05) is 4.90 Å². The van der Waals surface area contributed by atoms with Crippen molar-refractivity contribution < 1.29 is 4.42 Å².